The minimum Gasteiger partial charge on any atom is -0.381 e. The monoisotopic (exact) mass is 315 g/mol. The van der Waals surface area contributed by atoms with Gasteiger partial charge in [0.05, 0.1) is 22.9 Å². The van der Waals surface area contributed by atoms with Gasteiger partial charge in [0, 0.05) is 18.4 Å². The van der Waals surface area contributed by atoms with E-state index in [4.69, 9.17) is 0 Å². The molecule has 5 nitrogen and oxygen atoms in total. The Kier molecular flexibility index (Phi) is 3.81. The fourth-order valence-corrected chi connectivity index (χ4v) is 2.55. The van der Waals surface area contributed by atoms with Crippen molar-refractivity contribution in [3.8, 4) is 0 Å². The molecule has 2 aromatic heterocycles. The summed E-state index contributed by atoms with van der Waals surface area (Å²) in [6, 6.07) is 20.3. The average molecular weight is 315 g/mol. The number of pyridine rings is 1. The highest BCUT2D eigenvalue weighted by molar-refractivity contribution is 5.82. The summed E-state index contributed by atoms with van der Waals surface area (Å²) >= 11 is 0. The number of hydrogen-bond acceptors (Lipinski definition) is 4. The average Bonchev–Trinajstić information content (AvgIpc) is 3.03. The molecule has 0 saturated heterocycles. The number of fused-ring (bicyclic) bond motifs is 1. The van der Waals surface area contributed by atoms with Gasteiger partial charge in [0.15, 0.2) is 0 Å². The van der Waals surface area contributed by atoms with Crippen LogP contribution in [0.3, 0.4) is 0 Å². The fourth-order valence-electron chi connectivity index (χ4n) is 2.55. The van der Waals surface area contributed by atoms with E-state index in [0.717, 1.165) is 29.0 Å². The van der Waals surface area contributed by atoms with Crippen LogP contribution in [0, 0.1) is 0 Å². The van der Waals surface area contributed by atoms with Crippen molar-refractivity contribution in [1.82, 2.24) is 15.0 Å². The second-order valence-corrected chi connectivity index (χ2v) is 5.52. The van der Waals surface area contributed by atoms with E-state index in [0.29, 0.717) is 5.95 Å². The maximum absolute atomic E-state index is 4.59. The number of nitrogens with zero attached hydrogens (tertiary/aromatic N) is 2. The van der Waals surface area contributed by atoms with Gasteiger partial charge in [-0.2, -0.15) is 0 Å². The Morgan fingerprint density at radius 3 is 2.67 bits per heavy atom. The van der Waals surface area contributed by atoms with Gasteiger partial charge in [0.1, 0.15) is 0 Å². The Morgan fingerprint density at radius 1 is 0.917 bits per heavy atom. The van der Waals surface area contributed by atoms with Crippen LogP contribution in [0.5, 0.6) is 0 Å². The van der Waals surface area contributed by atoms with Crippen molar-refractivity contribution >= 4 is 28.4 Å². The lowest BCUT2D eigenvalue weighted by atomic mass is 10.2. The minimum atomic E-state index is 0.707. The number of H-pyrrole nitrogens is 1. The Labute approximate surface area is 139 Å². The number of aromatic nitrogens is 3. The summed E-state index contributed by atoms with van der Waals surface area (Å²) in [5, 5.41) is 6.65. The highest BCUT2D eigenvalue weighted by Crippen LogP contribution is 2.21. The van der Waals surface area contributed by atoms with Gasteiger partial charge in [-0.3, -0.25) is 4.98 Å². The molecule has 0 aliphatic carbocycles. The Bertz CT molecular complexity index is 932. The normalized spacial score (nSPS) is 10.7. The molecule has 0 saturated carbocycles. The molecule has 0 fully saturated rings. The van der Waals surface area contributed by atoms with E-state index in [-0.39, 0.29) is 0 Å². The maximum Gasteiger partial charge on any atom is 0.205 e. The second kappa shape index (κ2) is 6.42. The van der Waals surface area contributed by atoms with E-state index in [9.17, 15) is 0 Å². The molecule has 0 unspecified atom stereocenters. The van der Waals surface area contributed by atoms with Gasteiger partial charge >= 0.3 is 0 Å². The molecule has 0 bridgehead atoms. The molecule has 3 N–H and O–H groups in total. The van der Waals surface area contributed by atoms with Crippen molar-refractivity contribution in [2.75, 3.05) is 10.6 Å². The molecule has 5 heteroatoms. The predicted octanol–water partition coefficient (Wildman–Crippen LogP) is 4.31. The first-order chi connectivity index (χ1) is 11.9. The van der Waals surface area contributed by atoms with E-state index in [1.165, 1.54) is 5.56 Å². The van der Waals surface area contributed by atoms with E-state index in [1.54, 1.807) is 12.4 Å². The quantitative estimate of drug-likeness (QED) is 0.513. The smallest absolute Gasteiger partial charge is 0.205 e. The summed E-state index contributed by atoms with van der Waals surface area (Å²) in [4.78, 5) is 11.9. The molecule has 0 aliphatic heterocycles. The molecule has 0 amide bonds. The van der Waals surface area contributed by atoms with Crippen molar-refractivity contribution in [3.05, 3.63) is 78.6 Å². The molecule has 4 aromatic rings. The summed E-state index contributed by atoms with van der Waals surface area (Å²) in [6.07, 6.45) is 3.51. The van der Waals surface area contributed by atoms with Crippen LogP contribution in [0.25, 0.3) is 11.0 Å². The highest BCUT2D eigenvalue weighted by Gasteiger charge is 2.04. The third kappa shape index (κ3) is 3.20. The summed E-state index contributed by atoms with van der Waals surface area (Å²) in [5.41, 5.74) is 5.11. The summed E-state index contributed by atoms with van der Waals surface area (Å²) in [7, 11) is 0. The van der Waals surface area contributed by atoms with Crippen molar-refractivity contribution in [1.29, 1.82) is 0 Å². The molecule has 0 aliphatic rings. The summed E-state index contributed by atoms with van der Waals surface area (Å²) in [5.74, 6) is 0.707. The standard InChI is InChI=1S/C19H17N5/c1-2-5-14(6-3-1)12-21-15-8-9-17-18(11-15)24-19(23-17)22-16-7-4-10-20-13-16/h1-11,13,21H,12H2,(H2,22,23,24). The van der Waals surface area contributed by atoms with Crippen LogP contribution in [0.2, 0.25) is 0 Å². The highest BCUT2D eigenvalue weighted by atomic mass is 15.1. The van der Waals surface area contributed by atoms with E-state index in [2.05, 4.69) is 43.8 Å². The zero-order valence-electron chi connectivity index (χ0n) is 13.0. The molecule has 0 spiro atoms. The largest absolute Gasteiger partial charge is 0.381 e. The van der Waals surface area contributed by atoms with Gasteiger partial charge in [-0.05, 0) is 35.9 Å². The molecule has 0 atom stereocenters. The number of nitrogens with one attached hydrogen (secondary N) is 3. The van der Waals surface area contributed by atoms with Gasteiger partial charge in [0.2, 0.25) is 5.95 Å². The Hall–Kier alpha value is -3.34. The van der Waals surface area contributed by atoms with E-state index in [1.807, 2.05) is 42.5 Å². The van der Waals surface area contributed by atoms with Crippen LogP contribution in [0.1, 0.15) is 5.56 Å². The zero-order chi connectivity index (χ0) is 16.2. The summed E-state index contributed by atoms with van der Waals surface area (Å²) < 4.78 is 0. The second-order valence-electron chi connectivity index (χ2n) is 5.52. The van der Waals surface area contributed by atoms with Gasteiger partial charge in [-0.15, -0.1) is 0 Å². The number of imidazole rings is 1. The van der Waals surface area contributed by atoms with Crippen LogP contribution in [0.4, 0.5) is 17.3 Å². The molecular weight excluding hydrogens is 298 g/mol. The number of benzene rings is 2. The lowest BCUT2D eigenvalue weighted by molar-refractivity contribution is 1.15. The number of hydrogen-bond donors (Lipinski definition) is 3. The molecule has 24 heavy (non-hydrogen) atoms. The third-order valence-corrected chi connectivity index (χ3v) is 3.75. The number of anilines is 3. The Balaban J connectivity index is 1.51. The molecule has 118 valence electrons. The topological polar surface area (TPSA) is 65.6 Å². The third-order valence-electron chi connectivity index (χ3n) is 3.75. The van der Waals surface area contributed by atoms with Crippen molar-refractivity contribution in [3.63, 3.8) is 0 Å². The molecule has 0 radical (unpaired) electrons. The van der Waals surface area contributed by atoms with Crippen molar-refractivity contribution in [2.45, 2.75) is 6.54 Å². The SMILES string of the molecule is c1ccc(CNc2ccc3[nH]c(Nc4cccnc4)nc3c2)cc1. The van der Waals surface area contributed by atoms with E-state index < -0.39 is 0 Å². The fraction of sp³-hybridized carbons (Fsp3) is 0.0526. The van der Waals surface area contributed by atoms with Gasteiger partial charge in [-0.25, -0.2) is 4.98 Å². The van der Waals surface area contributed by atoms with Crippen molar-refractivity contribution in [2.24, 2.45) is 0 Å². The van der Waals surface area contributed by atoms with Crippen LogP contribution in [-0.4, -0.2) is 15.0 Å². The van der Waals surface area contributed by atoms with Crippen molar-refractivity contribution < 1.29 is 0 Å². The first-order valence-electron chi connectivity index (χ1n) is 7.81. The van der Waals surface area contributed by atoms with Gasteiger partial charge < -0.3 is 15.6 Å². The van der Waals surface area contributed by atoms with Crippen LogP contribution in [-0.2, 0) is 6.54 Å². The predicted molar refractivity (Wildman–Crippen MR) is 97.4 cm³/mol. The van der Waals surface area contributed by atoms with Crippen LogP contribution < -0.4 is 10.6 Å². The van der Waals surface area contributed by atoms with E-state index >= 15 is 0 Å². The Morgan fingerprint density at radius 2 is 1.83 bits per heavy atom. The first-order valence-corrected chi connectivity index (χ1v) is 7.81. The molecular formula is C19H17N5. The van der Waals surface area contributed by atoms with Gasteiger partial charge in [-0.1, -0.05) is 30.3 Å². The van der Waals surface area contributed by atoms with Gasteiger partial charge in [0.25, 0.3) is 0 Å². The lowest BCUT2D eigenvalue weighted by Crippen LogP contribution is -1.98. The molecule has 4 rings (SSSR count). The number of rotatable bonds is 5. The maximum atomic E-state index is 4.59. The minimum absolute atomic E-state index is 0.707. The zero-order valence-corrected chi connectivity index (χ0v) is 13.0. The summed E-state index contributed by atoms with van der Waals surface area (Å²) in [6.45, 7) is 0.789. The number of aromatic amines is 1. The van der Waals surface area contributed by atoms with Crippen LogP contribution in [0.15, 0.2) is 73.1 Å². The lowest BCUT2D eigenvalue weighted by Gasteiger charge is -2.06. The first kappa shape index (κ1) is 14.3. The molecule has 2 aromatic carbocycles. The molecule has 2 heterocycles. The van der Waals surface area contributed by atoms with Crippen LogP contribution >= 0.6 is 0 Å².